The molecule has 0 amide bonds. The highest BCUT2D eigenvalue weighted by Crippen LogP contribution is 2.28. The number of rotatable bonds is 6. The van der Waals surface area contributed by atoms with Crippen molar-refractivity contribution in [2.24, 2.45) is 15.0 Å². The fourth-order valence-corrected chi connectivity index (χ4v) is 4.49. The molecule has 0 spiro atoms. The van der Waals surface area contributed by atoms with E-state index in [-0.39, 0.29) is 35.4 Å². The van der Waals surface area contributed by atoms with Crippen LogP contribution in [0.15, 0.2) is 69.6 Å². The van der Waals surface area contributed by atoms with Crippen LogP contribution in [0, 0.1) is 20.8 Å². The maximum absolute atomic E-state index is 10.2. The average Bonchev–Trinajstić information content (AvgIpc) is 2.85. The molecule has 1 fully saturated rings. The Balaban J connectivity index is 1.57. The lowest BCUT2D eigenvalue weighted by Gasteiger charge is -2.29. The SMILES string of the molecule is Cc1ccc(O)c(C=NC2CC(N=Cc3cc(C)ccc3O)CC(N=Cc3cc(C)ccc3O)C2)c1. The zero-order valence-electron chi connectivity index (χ0n) is 21.0. The van der Waals surface area contributed by atoms with E-state index in [2.05, 4.69) is 0 Å². The summed E-state index contributed by atoms with van der Waals surface area (Å²) in [5.74, 6) is 0.609. The topological polar surface area (TPSA) is 97.8 Å². The number of benzene rings is 3. The highest BCUT2D eigenvalue weighted by molar-refractivity contribution is 5.85. The van der Waals surface area contributed by atoms with Crippen molar-refractivity contribution in [2.45, 2.75) is 58.2 Å². The van der Waals surface area contributed by atoms with E-state index in [1.807, 2.05) is 57.2 Å². The summed E-state index contributed by atoms with van der Waals surface area (Å²) < 4.78 is 0. The molecule has 1 aliphatic rings. The molecular formula is C30H33N3O3. The van der Waals surface area contributed by atoms with E-state index < -0.39 is 0 Å². The Labute approximate surface area is 212 Å². The molecule has 1 saturated carbocycles. The molecule has 0 aromatic heterocycles. The lowest BCUT2D eigenvalue weighted by Crippen LogP contribution is -2.30. The third-order valence-electron chi connectivity index (χ3n) is 6.45. The molecular weight excluding hydrogens is 450 g/mol. The first-order chi connectivity index (χ1) is 17.3. The second-order valence-corrected chi connectivity index (χ2v) is 9.69. The molecule has 3 aromatic rings. The summed E-state index contributed by atoms with van der Waals surface area (Å²) in [4.78, 5) is 14.4. The highest BCUT2D eigenvalue weighted by atomic mass is 16.3. The molecule has 0 radical (unpaired) electrons. The largest absolute Gasteiger partial charge is 0.507 e. The predicted octanol–water partition coefficient (Wildman–Crippen LogP) is 5.68. The molecule has 6 heteroatoms. The molecule has 3 N–H and O–H groups in total. The molecule has 3 aromatic carbocycles. The first-order valence-corrected chi connectivity index (χ1v) is 12.2. The molecule has 0 unspecified atom stereocenters. The van der Waals surface area contributed by atoms with E-state index in [4.69, 9.17) is 15.0 Å². The van der Waals surface area contributed by atoms with Crippen molar-refractivity contribution in [3.8, 4) is 17.2 Å². The normalized spacial score (nSPS) is 20.6. The summed E-state index contributed by atoms with van der Waals surface area (Å²) in [7, 11) is 0. The van der Waals surface area contributed by atoms with Gasteiger partial charge in [0, 0.05) is 35.3 Å². The van der Waals surface area contributed by atoms with Crippen LogP contribution in [0.4, 0.5) is 0 Å². The van der Waals surface area contributed by atoms with E-state index in [0.29, 0.717) is 16.7 Å². The second kappa shape index (κ2) is 11.2. The maximum atomic E-state index is 10.2. The Morgan fingerprint density at radius 1 is 0.528 bits per heavy atom. The van der Waals surface area contributed by atoms with Gasteiger partial charge in [0.1, 0.15) is 17.2 Å². The fraction of sp³-hybridized carbons (Fsp3) is 0.300. The van der Waals surface area contributed by atoms with Crippen molar-refractivity contribution in [1.82, 2.24) is 0 Å². The summed E-state index contributed by atoms with van der Waals surface area (Å²) in [5, 5.41) is 30.6. The minimum absolute atomic E-state index is 0.0276. The first kappa shape index (κ1) is 25.2. The minimum Gasteiger partial charge on any atom is -0.507 e. The summed E-state index contributed by atoms with van der Waals surface area (Å²) in [6, 6.07) is 16.3. The highest BCUT2D eigenvalue weighted by Gasteiger charge is 2.28. The van der Waals surface area contributed by atoms with Gasteiger partial charge in [-0.25, -0.2) is 0 Å². The van der Waals surface area contributed by atoms with E-state index in [9.17, 15) is 15.3 Å². The number of hydrogen-bond donors (Lipinski definition) is 3. The third kappa shape index (κ3) is 6.60. The average molecular weight is 484 g/mol. The Kier molecular flexibility index (Phi) is 7.84. The molecule has 0 bridgehead atoms. The van der Waals surface area contributed by atoms with Crippen LogP contribution in [0.5, 0.6) is 17.2 Å². The zero-order valence-corrected chi connectivity index (χ0v) is 21.0. The number of aryl methyl sites for hydroxylation is 3. The molecule has 36 heavy (non-hydrogen) atoms. The second-order valence-electron chi connectivity index (χ2n) is 9.69. The van der Waals surface area contributed by atoms with Gasteiger partial charge in [-0.15, -0.1) is 0 Å². The predicted molar refractivity (Wildman–Crippen MR) is 147 cm³/mol. The van der Waals surface area contributed by atoms with Gasteiger partial charge in [0.05, 0.1) is 18.1 Å². The minimum atomic E-state index is -0.0276. The Bertz CT molecular complexity index is 1150. The van der Waals surface area contributed by atoms with Gasteiger partial charge in [-0.05, 0) is 76.4 Å². The van der Waals surface area contributed by atoms with E-state index >= 15 is 0 Å². The lowest BCUT2D eigenvalue weighted by atomic mass is 9.87. The third-order valence-corrected chi connectivity index (χ3v) is 6.45. The molecule has 0 aliphatic heterocycles. The Hall–Kier alpha value is -3.93. The molecule has 1 aliphatic carbocycles. The van der Waals surface area contributed by atoms with Crippen molar-refractivity contribution in [1.29, 1.82) is 0 Å². The van der Waals surface area contributed by atoms with Gasteiger partial charge in [-0.2, -0.15) is 0 Å². The van der Waals surface area contributed by atoms with E-state index in [1.165, 1.54) is 0 Å². The fourth-order valence-electron chi connectivity index (χ4n) is 4.49. The molecule has 0 saturated heterocycles. The van der Waals surface area contributed by atoms with Crippen molar-refractivity contribution in [3.63, 3.8) is 0 Å². The quantitative estimate of drug-likeness (QED) is 0.394. The lowest BCUT2D eigenvalue weighted by molar-refractivity contribution is 0.358. The van der Waals surface area contributed by atoms with Crippen molar-refractivity contribution in [2.75, 3.05) is 0 Å². The van der Waals surface area contributed by atoms with Gasteiger partial charge >= 0.3 is 0 Å². The number of hydrogen-bond acceptors (Lipinski definition) is 6. The van der Waals surface area contributed by atoms with Crippen molar-refractivity contribution in [3.05, 3.63) is 88.0 Å². The van der Waals surface area contributed by atoms with Gasteiger partial charge in [0.2, 0.25) is 0 Å². The number of nitrogens with zero attached hydrogens (tertiary/aromatic N) is 3. The van der Waals surface area contributed by atoms with Gasteiger partial charge in [0.15, 0.2) is 0 Å². The first-order valence-electron chi connectivity index (χ1n) is 12.2. The van der Waals surface area contributed by atoms with Crippen LogP contribution in [0.25, 0.3) is 0 Å². The number of phenolic OH excluding ortho intramolecular Hbond substituents is 3. The zero-order chi connectivity index (χ0) is 25.7. The van der Waals surface area contributed by atoms with E-state index in [1.54, 1.807) is 36.8 Å². The van der Waals surface area contributed by atoms with Gasteiger partial charge < -0.3 is 15.3 Å². The molecule has 6 nitrogen and oxygen atoms in total. The van der Waals surface area contributed by atoms with Crippen molar-refractivity contribution < 1.29 is 15.3 Å². The number of aromatic hydroxyl groups is 3. The summed E-state index contributed by atoms with van der Waals surface area (Å²) in [5.41, 5.74) is 5.23. The summed E-state index contributed by atoms with van der Waals surface area (Å²) in [6.45, 7) is 5.94. The monoisotopic (exact) mass is 483 g/mol. The van der Waals surface area contributed by atoms with Gasteiger partial charge in [-0.1, -0.05) is 34.9 Å². The van der Waals surface area contributed by atoms with Crippen LogP contribution in [0.1, 0.15) is 52.6 Å². The van der Waals surface area contributed by atoms with Gasteiger partial charge in [-0.3, -0.25) is 15.0 Å². The number of aliphatic imine (C=N–C) groups is 3. The van der Waals surface area contributed by atoms with Crippen LogP contribution < -0.4 is 0 Å². The smallest absolute Gasteiger partial charge is 0.124 e. The standard InChI is InChI=1S/C30H33N3O3/c1-19-4-7-28(34)22(10-19)16-31-25-13-26(32-17-23-11-20(2)5-8-29(23)35)15-27(14-25)33-18-24-12-21(3)6-9-30(24)36/h4-12,16-18,25-27,34-36H,13-15H2,1-3H3. The summed E-state index contributed by atoms with van der Waals surface area (Å²) in [6.07, 6.45) is 7.44. The van der Waals surface area contributed by atoms with Crippen molar-refractivity contribution >= 4 is 18.6 Å². The number of phenols is 3. The molecule has 0 atom stereocenters. The van der Waals surface area contributed by atoms with Crippen LogP contribution in [0.2, 0.25) is 0 Å². The molecule has 4 rings (SSSR count). The molecule has 0 heterocycles. The molecule has 186 valence electrons. The van der Waals surface area contributed by atoms with Crippen LogP contribution in [0.3, 0.4) is 0 Å². The van der Waals surface area contributed by atoms with E-state index in [0.717, 1.165) is 36.0 Å². The Morgan fingerprint density at radius 2 is 0.806 bits per heavy atom. The summed E-state index contributed by atoms with van der Waals surface area (Å²) >= 11 is 0. The van der Waals surface area contributed by atoms with Crippen LogP contribution in [-0.2, 0) is 0 Å². The van der Waals surface area contributed by atoms with Crippen LogP contribution >= 0.6 is 0 Å². The maximum Gasteiger partial charge on any atom is 0.124 e. The van der Waals surface area contributed by atoms with Crippen LogP contribution in [-0.4, -0.2) is 52.1 Å². The van der Waals surface area contributed by atoms with Gasteiger partial charge in [0.25, 0.3) is 0 Å². The Morgan fingerprint density at radius 3 is 1.08 bits per heavy atom.